The van der Waals surface area contributed by atoms with Gasteiger partial charge in [-0.25, -0.2) is 0 Å². The third kappa shape index (κ3) is 4.44. The minimum Gasteiger partial charge on any atom is -0.467 e. The fraction of sp³-hybridized carbons (Fsp3) is 0.261. The maximum Gasteiger partial charge on any atom is 0.266 e. The second-order valence-electron chi connectivity index (χ2n) is 7.00. The number of hydrogen-bond acceptors (Lipinski definition) is 5. The summed E-state index contributed by atoms with van der Waals surface area (Å²) >= 11 is 1.40. The van der Waals surface area contributed by atoms with Crippen LogP contribution in [0.5, 0.6) is 0 Å². The molecule has 0 aliphatic carbocycles. The summed E-state index contributed by atoms with van der Waals surface area (Å²) in [6.45, 7) is 5.64. The minimum atomic E-state index is -0.114. The van der Waals surface area contributed by atoms with Gasteiger partial charge < -0.3 is 14.3 Å². The monoisotopic (exact) mass is 436 g/mol. The molecule has 0 unspecified atom stereocenters. The molecule has 0 saturated carbocycles. The van der Waals surface area contributed by atoms with E-state index in [1.54, 1.807) is 17.2 Å². The molecule has 2 amide bonds. The van der Waals surface area contributed by atoms with E-state index >= 15 is 0 Å². The van der Waals surface area contributed by atoms with Crippen molar-refractivity contribution in [3.05, 3.63) is 65.1 Å². The molecule has 0 spiro atoms. The molecule has 1 fully saturated rings. The van der Waals surface area contributed by atoms with Crippen LogP contribution in [0.3, 0.4) is 0 Å². The number of carbonyl (C=O) groups is 2. The van der Waals surface area contributed by atoms with Gasteiger partial charge in [0.25, 0.3) is 5.91 Å². The summed E-state index contributed by atoms with van der Waals surface area (Å²) in [5.41, 5.74) is 1.84. The highest BCUT2D eigenvalue weighted by Crippen LogP contribution is 2.34. The van der Waals surface area contributed by atoms with Gasteiger partial charge in [-0.15, -0.1) is 0 Å². The first kappa shape index (κ1) is 21.0. The first-order valence-electron chi connectivity index (χ1n) is 10.2. The molecule has 2 aromatic heterocycles. The number of fused-ring (bicyclic) bond motifs is 1. The number of likely N-dealkylation sites (N-methyl/N-ethyl adjacent to an activating group) is 1. The van der Waals surface area contributed by atoms with Crippen molar-refractivity contribution in [2.24, 2.45) is 4.99 Å². The lowest BCUT2D eigenvalue weighted by Crippen LogP contribution is -2.28. The van der Waals surface area contributed by atoms with Crippen molar-refractivity contribution < 1.29 is 14.0 Å². The number of benzene rings is 1. The zero-order valence-electron chi connectivity index (χ0n) is 17.5. The third-order valence-electron chi connectivity index (χ3n) is 4.96. The second kappa shape index (κ2) is 9.26. The SMILES string of the molecule is CCN=C1S/C(=C\c2cn(CC(=O)NCc3ccco3)c3ccccc23)C(=O)N1CC. The molecular formula is C23H24N4O3S. The summed E-state index contributed by atoms with van der Waals surface area (Å²) in [7, 11) is 0. The van der Waals surface area contributed by atoms with Crippen molar-refractivity contribution in [1.82, 2.24) is 14.8 Å². The number of furan rings is 1. The summed E-state index contributed by atoms with van der Waals surface area (Å²) in [6.07, 6.45) is 5.40. The van der Waals surface area contributed by atoms with Crippen LogP contribution in [0.15, 0.2) is 63.2 Å². The van der Waals surface area contributed by atoms with Crippen LogP contribution in [-0.2, 0) is 22.7 Å². The number of aliphatic imine (C=N–C) groups is 1. The van der Waals surface area contributed by atoms with E-state index in [-0.39, 0.29) is 18.4 Å². The minimum absolute atomic E-state index is 0.0345. The average Bonchev–Trinajstić information content (AvgIpc) is 3.47. The Morgan fingerprint density at radius 1 is 1.23 bits per heavy atom. The molecule has 1 aliphatic heterocycles. The Morgan fingerprint density at radius 3 is 2.81 bits per heavy atom. The molecule has 0 atom stereocenters. The topological polar surface area (TPSA) is 79.8 Å². The molecule has 160 valence electrons. The number of aromatic nitrogens is 1. The summed E-state index contributed by atoms with van der Waals surface area (Å²) in [5, 5.41) is 4.60. The summed E-state index contributed by atoms with van der Waals surface area (Å²) in [4.78, 5) is 32.1. The summed E-state index contributed by atoms with van der Waals surface area (Å²) in [5.74, 6) is 0.558. The lowest BCUT2D eigenvalue weighted by Gasteiger charge is -2.11. The van der Waals surface area contributed by atoms with E-state index in [4.69, 9.17) is 4.42 Å². The maximum atomic E-state index is 12.8. The zero-order chi connectivity index (χ0) is 21.8. The van der Waals surface area contributed by atoms with Gasteiger partial charge in [-0.2, -0.15) is 0 Å². The van der Waals surface area contributed by atoms with Crippen LogP contribution in [0.1, 0.15) is 25.2 Å². The van der Waals surface area contributed by atoms with Crippen molar-refractivity contribution in [3.8, 4) is 0 Å². The van der Waals surface area contributed by atoms with E-state index in [9.17, 15) is 9.59 Å². The van der Waals surface area contributed by atoms with Gasteiger partial charge in [0.2, 0.25) is 5.91 Å². The van der Waals surface area contributed by atoms with Crippen LogP contribution >= 0.6 is 11.8 Å². The Labute approximate surface area is 184 Å². The third-order valence-corrected chi connectivity index (χ3v) is 6.00. The number of nitrogens with one attached hydrogen (secondary N) is 1. The summed E-state index contributed by atoms with van der Waals surface area (Å²) in [6, 6.07) is 11.5. The number of amidine groups is 1. The maximum absolute atomic E-state index is 12.8. The molecule has 1 N–H and O–H groups in total. The number of nitrogens with zero attached hydrogens (tertiary/aromatic N) is 3. The predicted molar refractivity (Wildman–Crippen MR) is 123 cm³/mol. The largest absolute Gasteiger partial charge is 0.467 e. The van der Waals surface area contributed by atoms with Gasteiger partial charge in [-0.1, -0.05) is 18.2 Å². The van der Waals surface area contributed by atoms with Gasteiger partial charge in [-0.3, -0.25) is 19.5 Å². The number of hydrogen-bond donors (Lipinski definition) is 1. The van der Waals surface area contributed by atoms with E-state index in [0.29, 0.717) is 30.3 Å². The molecule has 4 rings (SSSR count). The van der Waals surface area contributed by atoms with E-state index < -0.39 is 0 Å². The van der Waals surface area contributed by atoms with Gasteiger partial charge in [0.1, 0.15) is 12.3 Å². The molecule has 3 aromatic rings. The fourth-order valence-corrected chi connectivity index (χ4v) is 4.61. The van der Waals surface area contributed by atoms with Crippen molar-refractivity contribution >= 4 is 45.7 Å². The lowest BCUT2D eigenvalue weighted by molar-refractivity contribution is -0.122. The Bertz CT molecular complexity index is 1160. The Morgan fingerprint density at radius 2 is 2.06 bits per heavy atom. The molecular weight excluding hydrogens is 412 g/mol. The van der Waals surface area contributed by atoms with Gasteiger partial charge in [0.15, 0.2) is 5.17 Å². The van der Waals surface area contributed by atoms with Crippen LogP contribution in [0, 0.1) is 0 Å². The molecule has 1 aliphatic rings. The lowest BCUT2D eigenvalue weighted by atomic mass is 10.1. The number of thioether (sulfide) groups is 1. The number of amides is 2. The normalized spacial score (nSPS) is 16.7. The highest BCUT2D eigenvalue weighted by atomic mass is 32.2. The number of para-hydroxylation sites is 1. The highest BCUT2D eigenvalue weighted by molar-refractivity contribution is 8.18. The van der Waals surface area contributed by atoms with Gasteiger partial charge in [0, 0.05) is 35.8 Å². The molecule has 3 heterocycles. The molecule has 1 aromatic carbocycles. The van der Waals surface area contributed by atoms with Crippen molar-refractivity contribution in [2.45, 2.75) is 26.9 Å². The standard InChI is InChI=1S/C23H24N4O3S/c1-3-24-23-27(4-2)22(29)20(31-23)12-16-14-26(19-10-6-5-9-18(16)19)15-21(28)25-13-17-8-7-11-30-17/h5-12,14H,3-4,13,15H2,1-2H3,(H,25,28)/b20-12-,24-23?. The Kier molecular flexibility index (Phi) is 6.27. The Hall–Kier alpha value is -3.26. The first-order chi connectivity index (χ1) is 15.1. The second-order valence-corrected chi connectivity index (χ2v) is 8.01. The van der Waals surface area contributed by atoms with Crippen LogP contribution in [-0.4, -0.2) is 39.5 Å². The van der Waals surface area contributed by atoms with Crippen LogP contribution in [0.25, 0.3) is 17.0 Å². The van der Waals surface area contributed by atoms with Crippen molar-refractivity contribution in [2.75, 3.05) is 13.1 Å². The smallest absolute Gasteiger partial charge is 0.266 e. The van der Waals surface area contributed by atoms with E-state index in [1.807, 2.05) is 61.0 Å². The fourth-order valence-electron chi connectivity index (χ4n) is 3.51. The molecule has 7 nitrogen and oxygen atoms in total. The quantitative estimate of drug-likeness (QED) is 0.571. The zero-order valence-corrected chi connectivity index (χ0v) is 18.3. The van der Waals surface area contributed by atoms with Crippen molar-refractivity contribution in [3.63, 3.8) is 0 Å². The first-order valence-corrected chi connectivity index (χ1v) is 11.0. The molecule has 1 saturated heterocycles. The molecule has 0 radical (unpaired) electrons. The van der Waals surface area contributed by atoms with Crippen LogP contribution in [0.2, 0.25) is 0 Å². The number of rotatable bonds is 7. The molecule has 8 heteroatoms. The van der Waals surface area contributed by atoms with E-state index in [1.165, 1.54) is 11.8 Å². The molecule has 31 heavy (non-hydrogen) atoms. The summed E-state index contributed by atoms with van der Waals surface area (Å²) < 4.78 is 7.16. The Balaban J connectivity index is 1.59. The predicted octanol–water partition coefficient (Wildman–Crippen LogP) is 3.86. The highest BCUT2D eigenvalue weighted by Gasteiger charge is 2.32. The van der Waals surface area contributed by atoms with E-state index in [0.717, 1.165) is 21.6 Å². The average molecular weight is 437 g/mol. The van der Waals surface area contributed by atoms with E-state index in [2.05, 4.69) is 10.3 Å². The van der Waals surface area contributed by atoms with Gasteiger partial charge in [0.05, 0.1) is 17.7 Å². The van der Waals surface area contributed by atoms with Crippen molar-refractivity contribution in [1.29, 1.82) is 0 Å². The van der Waals surface area contributed by atoms with Crippen LogP contribution < -0.4 is 5.32 Å². The van der Waals surface area contributed by atoms with Gasteiger partial charge >= 0.3 is 0 Å². The number of carbonyl (C=O) groups excluding carboxylic acids is 2. The molecule has 0 bridgehead atoms. The van der Waals surface area contributed by atoms with Gasteiger partial charge in [-0.05, 0) is 49.9 Å². The van der Waals surface area contributed by atoms with Crippen LogP contribution in [0.4, 0.5) is 0 Å².